The fourth-order valence-electron chi connectivity index (χ4n) is 1.91. The molecule has 0 saturated heterocycles. The summed E-state index contributed by atoms with van der Waals surface area (Å²) in [4.78, 5) is 12.8. The van der Waals surface area contributed by atoms with Gasteiger partial charge in [0, 0.05) is 18.0 Å². The second kappa shape index (κ2) is 6.20. The number of aromatic nitrogens is 3. The Morgan fingerprint density at radius 3 is 2.73 bits per heavy atom. The van der Waals surface area contributed by atoms with E-state index in [2.05, 4.69) is 26.3 Å². The first-order valence-corrected chi connectivity index (χ1v) is 6.85. The number of pyridine rings is 1. The molecule has 0 atom stereocenters. The molecule has 106 valence electrons. The number of nitriles is 1. The molecule has 0 radical (unpaired) electrons. The number of halogens is 1. The van der Waals surface area contributed by atoms with Gasteiger partial charge in [0.1, 0.15) is 16.7 Å². The third-order valence-corrected chi connectivity index (χ3v) is 3.05. The third-order valence-electron chi connectivity index (χ3n) is 2.85. The highest BCUT2D eigenvalue weighted by Crippen LogP contribution is 2.21. The Hall–Kier alpha value is -2.97. The summed E-state index contributed by atoms with van der Waals surface area (Å²) in [5.74, 6) is 0.975. The summed E-state index contributed by atoms with van der Waals surface area (Å²) in [6, 6.07) is 16.3. The molecule has 0 amide bonds. The molecule has 0 fully saturated rings. The lowest BCUT2D eigenvalue weighted by atomic mass is 10.2. The zero-order valence-electron chi connectivity index (χ0n) is 11.4. The van der Waals surface area contributed by atoms with Crippen molar-refractivity contribution in [3.05, 3.63) is 65.4 Å². The number of anilines is 2. The molecule has 0 saturated carbocycles. The smallest absolute Gasteiger partial charge is 0.181 e. The van der Waals surface area contributed by atoms with Crippen LogP contribution in [0, 0.1) is 11.3 Å². The highest BCUT2D eigenvalue weighted by molar-refractivity contribution is 6.29. The molecule has 0 aliphatic carbocycles. The molecule has 1 aromatic carbocycles. The largest absolute Gasteiger partial charge is 0.340 e. The molecular weight excluding hydrogens is 298 g/mol. The van der Waals surface area contributed by atoms with Crippen LogP contribution in [-0.4, -0.2) is 15.0 Å². The lowest BCUT2D eigenvalue weighted by Gasteiger charge is -2.08. The van der Waals surface area contributed by atoms with E-state index in [-0.39, 0.29) is 0 Å². The Kier molecular flexibility index (Phi) is 3.95. The Balaban J connectivity index is 1.94. The Morgan fingerprint density at radius 1 is 1.05 bits per heavy atom. The minimum absolute atomic E-state index is 0.314. The average Bonchev–Trinajstić information content (AvgIpc) is 2.55. The van der Waals surface area contributed by atoms with E-state index >= 15 is 0 Å². The fraction of sp³-hybridized carbons (Fsp3) is 0. The van der Waals surface area contributed by atoms with Crippen molar-refractivity contribution in [2.24, 2.45) is 0 Å². The van der Waals surface area contributed by atoms with Crippen LogP contribution in [0.25, 0.3) is 11.5 Å². The first-order chi connectivity index (χ1) is 10.7. The van der Waals surface area contributed by atoms with Gasteiger partial charge >= 0.3 is 0 Å². The van der Waals surface area contributed by atoms with E-state index in [0.29, 0.717) is 28.1 Å². The number of hydrogen-bond donors (Lipinski definition) is 1. The van der Waals surface area contributed by atoms with Crippen LogP contribution in [0.15, 0.2) is 54.7 Å². The Morgan fingerprint density at radius 2 is 1.95 bits per heavy atom. The molecule has 1 N–H and O–H groups in total. The minimum atomic E-state index is 0.314. The number of benzene rings is 1. The van der Waals surface area contributed by atoms with Crippen LogP contribution in [0.1, 0.15) is 5.56 Å². The standard InChI is InChI=1S/C16H10ClN5/c17-14-9-15(20-12-5-3-4-11(8-12)10-18)22-16(21-14)13-6-1-2-7-19-13/h1-9H,(H,20,21,22). The van der Waals surface area contributed by atoms with Crippen LogP contribution in [0.2, 0.25) is 5.15 Å². The Labute approximate surface area is 132 Å². The molecular formula is C16H10ClN5. The summed E-state index contributed by atoms with van der Waals surface area (Å²) >= 11 is 6.05. The zero-order valence-corrected chi connectivity index (χ0v) is 12.1. The summed E-state index contributed by atoms with van der Waals surface area (Å²) in [5, 5.41) is 12.4. The SMILES string of the molecule is N#Cc1cccc(Nc2cc(Cl)nc(-c3ccccn3)n2)c1. The topological polar surface area (TPSA) is 74.5 Å². The van der Waals surface area contributed by atoms with Crippen molar-refractivity contribution in [3.63, 3.8) is 0 Å². The second-order valence-corrected chi connectivity index (χ2v) is 4.82. The molecule has 0 aliphatic heterocycles. The maximum absolute atomic E-state index is 8.93. The van der Waals surface area contributed by atoms with Gasteiger partial charge in [-0.2, -0.15) is 5.26 Å². The van der Waals surface area contributed by atoms with Crippen LogP contribution in [0.5, 0.6) is 0 Å². The van der Waals surface area contributed by atoms with E-state index < -0.39 is 0 Å². The molecule has 5 nitrogen and oxygen atoms in total. The van der Waals surface area contributed by atoms with E-state index in [1.54, 1.807) is 30.5 Å². The van der Waals surface area contributed by atoms with Crippen molar-refractivity contribution in [3.8, 4) is 17.6 Å². The monoisotopic (exact) mass is 307 g/mol. The maximum atomic E-state index is 8.93. The van der Waals surface area contributed by atoms with E-state index in [1.807, 2.05) is 24.3 Å². The van der Waals surface area contributed by atoms with Gasteiger partial charge in [0.25, 0.3) is 0 Å². The highest BCUT2D eigenvalue weighted by Gasteiger charge is 2.07. The number of nitrogens with zero attached hydrogens (tertiary/aromatic N) is 4. The first-order valence-electron chi connectivity index (χ1n) is 6.48. The third kappa shape index (κ3) is 3.19. The summed E-state index contributed by atoms with van der Waals surface area (Å²) in [6.45, 7) is 0. The van der Waals surface area contributed by atoms with Crippen molar-refractivity contribution >= 4 is 23.1 Å². The summed E-state index contributed by atoms with van der Waals surface area (Å²) < 4.78 is 0. The molecule has 3 aromatic rings. The lowest BCUT2D eigenvalue weighted by molar-refractivity contribution is 1.14. The molecule has 0 spiro atoms. The van der Waals surface area contributed by atoms with Crippen molar-refractivity contribution in [2.75, 3.05) is 5.32 Å². The molecule has 22 heavy (non-hydrogen) atoms. The second-order valence-electron chi connectivity index (χ2n) is 4.43. The summed E-state index contributed by atoms with van der Waals surface area (Å²) in [6.07, 6.45) is 1.67. The summed E-state index contributed by atoms with van der Waals surface area (Å²) in [5.41, 5.74) is 1.95. The normalized spacial score (nSPS) is 10.0. The molecule has 2 aromatic heterocycles. The van der Waals surface area contributed by atoms with Crippen molar-refractivity contribution in [2.45, 2.75) is 0 Å². The average molecular weight is 308 g/mol. The molecule has 0 bridgehead atoms. The van der Waals surface area contributed by atoms with Gasteiger partial charge in [0.05, 0.1) is 11.6 Å². The van der Waals surface area contributed by atoms with E-state index in [4.69, 9.17) is 16.9 Å². The van der Waals surface area contributed by atoms with Crippen LogP contribution in [0.3, 0.4) is 0 Å². The van der Waals surface area contributed by atoms with Crippen molar-refractivity contribution < 1.29 is 0 Å². The van der Waals surface area contributed by atoms with Crippen LogP contribution in [-0.2, 0) is 0 Å². The molecule has 6 heteroatoms. The van der Waals surface area contributed by atoms with Crippen LogP contribution < -0.4 is 5.32 Å². The summed E-state index contributed by atoms with van der Waals surface area (Å²) in [7, 11) is 0. The van der Waals surface area contributed by atoms with Crippen molar-refractivity contribution in [1.82, 2.24) is 15.0 Å². The number of rotatable bonds is 3. The van der Waals surface area contributed by atoms with Crippen molar-refractivity contribution in [1.29, 1.82) is 5.26 Å². The van der Waals surface area contributed by atoms with Crippen LogP contribution in [0.4, 0.5) is 11.5 Å². The van der Waals surface area contributed by atoms with Gasteiger partial charge in [-0.3, -0.25) is 4.98 Å². The lowest BCUT2D eigenvalue weighted by Crippen LogP contribution is -1.98. The zero-order chi connectivity index (χ0) is 15.4. The van der Waals surface area contributed by atoms with Gasteiger partial charge in [-0.25, -0.2) is 9.97 Å². The van der Waals surface area contributed by atoms with Gasteiger partial charge in [0.15, 0.2) is 5.82 Å². The quantitative estimate of drug-likeness (QED) is 0.745. The fourth-order valence-corrected chi connectivity index (χ4v) is 2.09. The van der Waals surface area contributed by atoms with E-state index in [9.17, 15) is 0 Å². The predicted octanol–water partition coefficient (Wildman–Crippen LogP) is 3.81. The van der Waals surface area contributed by atoms with Gasteiger partial charge in [-0.15, -0.1) is 0 Å². The number of nitrogens with one attached hydrogen (secondary N) is 1. The molecule has 0 aliphatic rings. The van der Waals surface area contributed by atoms with Gasteiger partial charge in [-0.05, 0) is 30.3 Å². The highest BCUT2D eigenvalue weighted by atomic mass is 35.5. The van der Waals surface area contributed by atoms with Gasteiger partial charge < -0.3 is 5.32 Å². The molecule has 2 heterocycles. The molecule has 0 unspecified atom stereocenters. The van der Waals surface area contributed by atoms with Gasteiger partial charge in [0.2, 0.25) is 0 Å². The number of hydrogen-bond acceptors (Lipinski definition) is 5. The molecule has 3 rings (SSSR count). The predicted molar refractivity (Wildman–Crippen MR) is 84.7 cm³/mol. The minimum Gasteiger partial charge on any atom is -0.340 e. The van der Waals surface area contributed by atoms with Crippen LogP contribution >= 0.6 is 11.6 Å². The maximum Gasteiger partial charge on any atom is 0.181 e. The Bertz CT molecular complexity index is 843. The van der Waals surface area contributed by atoms with E-state index in [1.165, 1.54) is 0 Å². The van der Waals surface area contributed by atoms with Gasteiger partial charge in [-0.1, -0.05) is 23.7 Å². The first kappa shape index (κ1) is 14.0. The van der Waals surface area contributed by atoms with E-state index in [0.717, 1.165) is 5.69 Å².